The van der Waals surface area contributed by atoms with Gasteiger partial charge in [0.1, 0.15) is 0 Å². The van der Waals surface area contributed by atoms with E-state index in [4.69, 9.17) is 0 Å². The lowest BCUT2D eigenvalue weighted by atomic mass is 9.86. The third kappa shape index (κ3) is 2.19. The van der Waals surface area contributed by atoms with Crippen LogP contribution in [0.2, 0.25) is 0 Å². The molecule has 1 aliphatic rings. The third-order valence-corrected chi connectivity index (χ3v) is 3.95. The molecule has 2 rings (SSSR count). The Balaban J connectivity index is 2.39. The van der Waals surface area contributed by atoms with E-state index in [1.165, 1.54) is 0 Å². The predicted octanol–water partition coefficient (Wildman–Crippen LogP) is 2.15. The summed E-state index contributed by atoms with van der Waals surface area (Å²) in [6.45, 7) is 2.03. The van der Waals surface area contributed by atoms with Gasteiger partial charge in [0.2, 0.25) is 0 Å². The van der Waals surface area contributed by atoms with Crippen molar-refractivity contribution in [1.29, 1.82) is 0 Å². The Kier molecular flexibility index (Phi) is 3.42. The van der Waals surface area contributed by atoms with Crippen LogP contribution in [-0.4, -0.2) is 8.76 Å². The van der Waals surface area contributed by atoms with Gasteiger partial charge in [-0.2, -0.15) is 0 Å². The maximum atomic E-state index is 10.9. The lowest BCUT2D eigenvalue weighted by Crippen LogP contribution is -2.41. The molecule has 1 atom stereocenters. The van der Waals surface area contributed by atoms with E-state index in [9.17, 15) is 8.76 Å². The number of hydrogen-bond donors (Lipinski definition) is 1. The second-order valence-electron chi connectivity index (χ2n) is 4.44. The summed E-state index contributed by atoms with van der Waals surface area (Å²) in [5.74, 6) is 0. The molecular formula is C12H16NO2S-. The zero-order valence-corrected chi connectivity index (χ0v) is 10.2. The molecule has 0 aliphatic heterocycles. The molecule has 3 nitrogen and oxygen atoms in total. The summed E-state index contributed by atoms with van der Waals surface area (Å²) in [6, 6.07) is 8.01. The molecule has 1 aromatic carbocycles. The highest BCUT2D eigenvalue weighted by molar-refractivity contribution is 7.77. The van der Waals surface area contributed by atoms with E-state index < -0.39 is 11.3 Å². The lowest BCUT2D eigenvalue weighted by molar-refractivity contribution is 0.391. The van der Waals surface area contributed by atoms with Gasteiger partial charge in [-0.05, 0) is 30.9 Å². The molecule has 0 amide bonds. The van der Waals surface area contributed by atoms with Crippen molar-refractivity contribution in [2.75, 3.05) is 0 Å². The fraction of sp³-hybridized carbons (Fsp3) is 0.500. The summed E-state index contributed by atoms with van der Waals surface area (Å²) < 4.78 is 24.6. The maximum absolute atomic E-state index is 10.9. The largest absolute Gasteiger partial charge is 0.760 e. The minimum absolute atomic E-state index is 0.363. The number of rotatable bonds is 3. The normalized spacial score (nSPS) is 20.9. The zero-order chi connectivity index (χ0) is 11.6. The first kappa shape index (κ1) is 11.8. The van der Waals surface area contributed by atoms with Gasteiger partial charge in [0, 0.05) is 11.3 Å². The molecule has 0 heterocycles. The van der Waals surface area contributed by atoms with Crippen LogP contribution in [0.5, 0.6) is 0 Å². The van der Waals surface area contributed by atoms with Crippen molar-refractivity contribution in [1.82, 2.24) is 4.72 Å². The van der Waals surface area contributed by atoms with Gasteiger partial charge in [-0.25, -0.2) is 4.72 Å². The van der Waals surface area contributed by atoms with E-state index in [1.54, 1.807) is 0 Å². The molecule has 1 saturated carbocycles. The first-order valence-corrected chi connectivity index (χ1v) is 6.65. The van der Waals surface area contributed by atoms with Crippen molar-refractivity contribution in [3.8, 4) is 0 Å². The van der Waals surface area contributed by atoms with Crippen molar-refractivity contribution in [3.63, 3.8) is 0 Å². The van der Waals surface area contributed by atoms with Crippen LogP contribution < -0.4 is 4.72 Å². The fourth-order valence-electron chi connectivity index (χ4n) is 2.67. The average Bonchev–Trinajstić information content (AvgIpc) is 2.67. The Bertz CT molecular complexity index is 400. The molecule has 0 bridgehead atoms. The van der Waals surface area contributed by atoms with Crippen LogP contribution in [0.15, 0.2) is 24.3 Å². The van der Waals surface area contributed by atoms with Crippen LogP contribution in [0.25, 0.3) is 0 Å². The molecule has 0 aromatic heterocycles. The van der Waals surface area contributed by atoms with Gasteiger partial charge in [0.15, 0.2) is 0 Å². The van der Waals surface area contributed by atoms with Gasteiger partial charge >= 0.3 is 0 Å². The molecule has 4 heteroatoms. The first-order chi connectivity index (χ1) is 7.64. The third-order valence-electron chi connectivity index (χ3n) is 3.40. The van der Waals surface area contributed by atoms with Crippen molar-refractivity contribution in [2.45, 2.75) is 38.1 Å². The number of benzene rings is 1. The summed E-state index contributed by atoms with van der Waals surface area (Å²) in [7, 11) is 0. The standard InChI is InChI=1S/C12H17NO2S/c1-10-6-2-3-7-11(10)12(13-16(14)15)8-4-5-9-12/h2-3,6-7,13H,4-5,8-9H2,1H3,(H,14,15)/p-1. The molecule has 1 unspecified atom stereocenters. The van der Waals surface area contributed by atoms with Crippen LogP contribution in [0.1, 0.15) is 36.8 Å². The topological polar surface area (TPSA) is 52.2 Å². The van der Waals surface area contributed by atoms with Crippen molar-refractivity contribution in [3.05, 3.63) is 35.4 Å². The molecular weight excluding hydrogens is 222 g/mol. The molecule has 0 saturated heterocycles. The van der Waals surface area contributed by atoms with Crippen molar-refractivity contribution in [2.24, 2.45) is 0 Å². The van der Waals surface area contributed by atoms with E-state index in [2.05, 4.69) is 4.72 Å². The van der Waals surface area contributed by atoms with Crippen LogP contribution in [0.4, 0.5) is 0 Å². The van der Waals surface area contributed by atoms with E-state index in [1.807, 2.05) is 31.2 Å². The quantitative estimate of drug-likeness (QED) is 0.820. The van der Waals surface area contributed by atoms with Gasteiger partial charge < -0.3 is 4.55 Å². The van der Waals surface area contributed by atoms with Gasteiger partial charge in [0.05, 0.1) is 5.54 Å². The second-order valence-corrected chi connectivity index (χ2v) is 5.11. The molecule has 1 aromatic rings. The van der Waals surface area contributed by atoms with Crippen LogP contribution in [0.3, 0.4) is 0 Å². The Morgan fingerprint density at radius 1 is 1.31 bits per heavy atom. The first-order valence-electron chi connectivity index (χ1n) is 5.57. The van der Waals surface area contributed by atoms with E-state index >= 15 is 0 Å². The summed E-state index contributed by atoms with van der Waals surface area (Å²) in [5.41, 5.74) is 1.91. The highest BCUT2D eigenvalue weighted by atomic mass is 32.2. The van der Waals surface area contributed by atoms with Crippen LogP contribution in [0, 0.1) is 6.92 Å². The number of nitrogens with one attached hydrogen (secondary N) is 1. The van der Waals surface area contributed by atoms with Crippen LogP contribution >= 0.6 is 0 Å². The molecule has 1 aliphatic carbocycles. The monoisotopic (exact) mass is 238 g/mol. The SMILES string of the molecule is Cc1ccccc1C1(NS(=O)[O-])CCCC1. The Morgan fingerprint density at radius 2 is 1.94 bits per heavy atom. The maximum Gasteiger partial charge on any atom is 0.0546 e. The minimum Gasteiger partial charge on any atom is -0.760 e. The molecule has 1 fully saturated rings. The molecule has 0 spiro atoms. The molecule has 0 radical (unpaired) electrons. The fourth-order valence-corrected chi connectivity index (χ4v) is 3.31. The van der Waals surface area contributed by atoms with Gasteiger partial charge in [-0.15, -0.1) is 0 Å². The van der Waals surface area contributed by atoms with E-state index in [-0.39, 0.29) is 5.54 Å². The minimum atomic E-state index is -2.20. The summed E-state index contributed by atoms with van der Waals surface area (Å²) in [4.78, 5) is 0. The Morgan fingerprint density at radius 3 is 2.50 bits per heavy atom. The lowest BCUT2D eigenvalue weighted by Gasteiger charge is -2.33. The Labute approximate surface area is 98.7 Å². The highest BCUT2D eigenvalue weighted by Gasteiger charge is 2.36. The van der Waals surface area contributed by atoms with Gasteiger partial charge in [-0.1, -0.05) is 37.1 Å². The van der Waals surface area contributed by atoms with E-state index in [0.717, 1.165) is 36.8 Å². The smallest absolute Gasteiger partial charge is 0.0546 e. The van der Waals surface area contributed by atoms with Crippen LogP contribution in [-0.2, 0) is 16.8 Å². The highest BCUT2D eigenvalue weighted by Crippen LogP contribution is 2.40. The average molecular weight is 238 g/mol. The van der Waals surface area contributed by atoms with Crippen molar-refractivity contribution < 1.29 is 8.76 Å². The molecule has 88 valence electrons. The summed E-state index contributed by atoms with van der Waals surface area (Å²) in [5, 5.41) is 0. The number of hydrogen-bond acceptors (Lipinski definition) is 2. The number of aryl methyl sites for hydroxylation is 1. The van der Waals surface area contributed by atoms with E-state index in [0.29, 0.717) is 0 Å². The van der Waals surface area contributed by atoms with Gasteiger partial charge in [0.25, 0.3) is 0 Å². The zero-order valence-electron chi connectivity index (χ0n) is 9.36. The Hall–Kier alpha value is -0.710. The predicted molar refractivity (Wildman–Crippen MR) is 63.4 cm³/mol. The summed E-state index contributed by atoms with van der Waals surface area (Å²) in [6.07, 6.45) is 3.95. The summed E-state index contributed by atoms with van der Waals surface area (Å²) >= 11 is -2.20. The van der Waals surface area contributed by atoms with Gasteiger partial charge in [-0.3, -0.25) is 4.21 Å². The molecule has 1 N–H and O–H groups in total. The van der Waals surface area contributed by atoms with Crippen molar-refractivity contribution >= 4 is 11.3 Å². The second kappa shape index (κ2) is 4.65. The molecule has 16 heavy (non-hydrogen) atoms.